The first-order valence-electron chi connectivity index (χ1n) is 5.99. The van der Waals surface area contributed by atoms with Crippen LogP contribution in [0.1, 0.15) is 18.1 Å². The molecular formula is C15H19NO3. The quantitative estimate of drug-likeness (QED) is 0.600. The Balaban J connectivity index is 2.96. The molecule has 19 heavy (non-hydrogen) atoms. The van der Waals surface area contributed by atoms with Crippen LogP contribution in [0.5, 0.6) is 0 Å². The van der Waals surface area contributed by atoms with Gasteiger partial charge in [-0.2, -0.15) is 0 Å². The van der Waals surface area contributed by atoms with Crippen LogP contribution in [0.3, 0.4) is 0 Å². The molecule has 0 radical (unpaired) electrons. The molecule has 0 aliphatic heterocycles. The van der Waals surface area contributed by atoms with Gasteiger partial charge in [-0.05, 0) is 18.1 Å². The first kappa shape index (κ1) is 15.0. The van der Waals surface area contributed by atoms with Crippen molar-refractivity contribution < 1.29 is 14.3 Å². The van der Waals surface area contributed by atoms with E-state index in [1.807, 2.05) is 43.3 Å². The normalized spacial score (nSPS) is 11.1. The summed E-state index contributed by atoms with van der Waals surface area (Å²) in [5.74, 6) is -0.266. The lowest BCUT2D eigenvalue weighted by atomic mass is 10.0. The summed E-state index contributed by atoms with van der Waals surface area (Å²) in [6.07, 6.45) is 2.03. The van der Waals surface area contributed by atoms with Crippen molar-refractivity contribution >= 4 is 17.3 Å². The third-order valence-corrected chi connectivity index (χ3v) is 2.61. The molecule has 0 spiro atoms. The molecule has 4 heteroatoms. The molecule has 102 valence electrons. The molecule has 1 aromatic rings. The van der Waals surface area contributed by atoms with E-state index in [9.17, 15) is 9.59 Å². The number of hydrogen-bond acceptors (Lipinski definition) is 4. The molecule has 0 amide bonds. The van der Waals surface area contributed by atoms with E-state index >= 15 is 0 Å². The molecule has 1 rings (SSSR count). The fourth-order valence-corrected chi connectivity index (χ4v) is 1.67. The molecule has 0 aromatic heterocycles. The second-order valence-electron chi connectivity index (χ2n) is 4.51. The fourth-order valence-electron chi connectivity index (χ4n) is 1.67. The molecule has 0 aliphatic rings. The molecule has 0 fully saturated rings. The molecule has 0 saturated carbocycles. The van der Waals surface area contributed by atoms with Gasteiger partial charge in [0, 0.05) is 25.9 Å². The summed E-state index contributed by atoms with van der Waals surface area (Å²) < 4.78 is 4.61. The smallest absolute Gasteiger partial charge is 0.309 e. The van der Waals surface area contributed by atoms with Crippen LogP contribution in [-0.4, -0.2) is 37.9 Å². The monoisotopic (exact) mass is 261 g/mol. The highest BCUT2D eigenvalue weighted by molar-refractivity contribution is 6.19. The van der Waals surface area contributed by atoms with Gasteiger partial charge in [-0.1, -0.05) is 24.3 Å². The van der Waals surface area contributed by atoms with E-state index in [0.717, 1.165) is 11.1 Å². The number of ketones is 1. The number of carbonyl (C=O) groups excluding carboxylic acids is 2. The van der Waals surface area contributed by atoms with Crippen LogP contribution in [-0.2, 0) is 20.7 Å². The second-order valence-corrected chi connectivity index (χ2v) is 4.51. The molecule has 0 aliphatic carbocycles. The number of ether oxygens (including phenoxy) is 1. The minimum absolute atomic E-state index is 0.00872. The summed E-state index contributed by atoms with van der Waals surface area (Å²) >= 11 is 0. The first-order valence-corrected chi connectivity index (χ1v) is 5.99. The summed E-state index contributed by atoms with van der Waals surface area (Å²) in [7, 11) is 5.10. The van der Waals surface area contributed by atoms with Crippen molar-refractivity contribution in [1.82, 2.24) is 4.90 Å². The first-order chi connectivity index (χ1) is 8.93. The largest absolute Gasteiger partial charge is 0.469 e. The zero-order valence-corrected chi connectivity index (χ0v) is 11.8. The van der Waals surface area contributed by atoms with Crippen molar-refractivity contribution in [3.05, 3.63) is 41.6 Å². The van der Waals surface area contributed by atoms with Gasteiger partial charge in [0.25, 0.3) is 0 Å². The van der Waals surface area contributed by atoms with Gasteiger partial charge in [-0.25, -0.2) is 0 Å². The number of rotatable bonds is 5. The summed E-state index contributed by atoms with van der Waals surface area (Å²) in [4.78, 5) is 24.6. The Morgan fingerprint density at radius 3 is 2.21 bits per heavy atom. The molecule has 0 atom stereocenters. The summed E-state index contributed by atoms with van der Waals surface area (Å²) in [6, 6.07) is 7.35. The number of carbonyl (C=O) groups is 2. The fraction of sp³-hybridized carbons (Fsp3) is 0.333. The Morgan fingerprint density at radius 1 is 1.21 bits per heavy atom. The predicted octanol–water partition coefficient (Wildman–Crippen LogP) is 1.89. The van der Waals surface area contributed by atoms with Gasteiger partial charge in [0.15, 0.2) is 5.78 Å². The van der Waals surface area contributed by atoms with Gasteiger partial charge in [0.05, 0.1) is 13.5 Å². The highest BCUT2D eigenvalue weighted by Crippen LogP contribution is 2.17. The van der Waals surface area contributed by atoms with Crippen molar-refractivity contribution in [2.75, 3.05) is 21.2 Å². The van der Waals surface area contributed by atoms with Crippen molar-refractivity contribution in [3.8, 4) is 0 Å². The Hall–Kier alpha value is -2.10. The average Bonchev–Trinajstić information content (AvgIpc) is 2.36. The summed E-state index contributed by atoms with van der Waals surface area (Å²) in [5, 5.41) is 0. The van der Waals surface area contributed by atoms with E-state index in [0.29, 0.717) is 5.57 Å². The van der Waals surface area contributed by atoms with Gasteiger partial charge < -0.3 is 9.64 Å². The van der Waals surface area contributed by atoms with Crippen LogP contribution in [0.2, 0.25) is 0 Å². The number of hydrogen-bond donors (Lipinski definition) is 0. The van der Waals surface area contributed by atoms with Gasteiger partial charge in [-0.15, -0.1) is 0 Å². The van der Waals surface area contributed by atoms with E-state index in [2.05, 4.69) is 4.74 Å². The number of benzene rings is 1. The van der Waals surface area contributed by atoms with Crippen molar-refractivity contribution in [2.24, 2.45) is 0 Å². The molecule has 0 unspecified atom stereocenters. The molecule has 0 saturated heterocycles. The van der Waals surface area contributed by atoms with Crippen LogP contribution >= 0.6 is 0 Å². The molecular weight excluding hydrogens is 242 g/mol. The van der Waals surface area contributed by atoms with E-state index in [-0.39, 0.29) is 18.2 Å². The van der Waals surface area contributed by atoms with Crippen molar-refractivity contribution in [3.63, 3.8) is 0 Å². The zero-order chi connectivity index (χ0) is 14.4. The van der Waals surface area contributed by atoms with Crippen LogP contribution in [0.25, 0.3) is 5.57 Å². The average molecular weight is 261 g/mol. The lowest BCUT2D eigenvalue weighted by Crippen LogP contribution is -2.07. The second kappa shape index (κ2) is 6.73. The van der Waals surface area contributed by atoms with Crippen LogP contribution in [0.4, 0.5) is 0 Å². The molecule has 4 nitrogen and oxygen atoms in total. The number of nitrogens with zero attached hydrogens (tertiary/aromatic N) is 1. The van der Waals surface area contributed by atoms with Crippen molar-refractivity contribution in [1.29, 1.82) is 0 Å². The highest BCUT2D eigenvalue weighted by Gasteiger charge is 2.09. The van der Waals surface area contributed by atoms with Crippen LogP contribution in [0.15, 0.2) is 30.5 Å². The number of Topliss-reactive ketones (excluding diaryl/α,β-unsaturated/α-hetero) is 1. The van der Waals surface area contributed by atoms with E-state index in [1.54, 1.807) is 6.20 Å². The lowest BCUT2D eigenvalue weighted by Gasteiger charge is -2.10. The predicted molar refractivity (Wildman–Crippen MR) is 74.5 cm³/mol. The van der Waals surface area contributed by atoms with Gasteiger partial charge in [-0.3, -0.25) is 9.59 Å². The number of esters is 1. The van der Waals surface area contributed by atoms with Crippen molar-refractivity contribution in [2.45, 2.75) is 13.3 Å². The third kappa shape index (κ3) is 4.58. The van der Waals surface area contributed by atoms with Crippen LogP contribution in [0, 0.1) is 0 Å². The molecule has 0 N–H and O–H groups in total. The molecule has 1 aromatic carbocycles. The van der Waals surface area contributed by atoms with Crippen LogP contribution < -0.4 is 0 Å². The maximum absolute atomic E-state index is 11.6. The van der Waals surface area contributed by atoms with Gasteiger partial charge in [0.1, 0.15) is 0 Å². The van der Waals surface area contributed by atoms with Gasteiger partial charge >= 0.3 is 5.97 Å². The Morgan fingerprint density at radius 2 is 1.79 bits per heavy atom. The maximum Gasteiger partial charge on any atom is 0.309 e. The standard InChI is InChI=1S/C15H19NO3/c1-11(17)14(10-16(2)3)13-7-5-12(6-8-13)9-15(18)19-4/h5-8,10H,9H2,1-4H3/b14-10-. The Bertz CT molecular complexity index is 487. The Kier molecular flexibility index (Phi) is 5.30. The molecule has 0 heterocycles. The third-order valence-electron chi connectivity index (χ3n) is 2.61. The lowest BCUT2D eigenvalue weighted by molar-refractivity contribution is -0.139. The number of allylic oxidation sites excluding steroid dienone is 1. The Labute approximate surface area is 113 Å². The highest BCUT2D eigenvalue weighted by atomic mass is 16.5. The SMILES string of the molecule is COC(=O)Cc1ccc(/C(=C\N(C)C)C(C)=O)cc1. The van der Waals surface area contributed by atoms with E-state index in [1.165, 1.54) is 14.0 Å². The van der Waals surface area contributed by atoms with Gasteiger partial charge in [0.2, 0.25) is 0 Å². The van der Waals surface area contributed by atoms with E-state index < -0.39 is 0 Å². The minimum atomic E-state index is -0.275. The number of methoxy groups -OCH3 is 1. The summed E-state index contributed by atoms with van der Waals surface area (Å²) in [5.41, 5.74) is 2.35. The minimum Gasteiger partial charge on any atom is -0.469 e. The molecule has 0 bridgehead atoms. The topological polar surface area (TPSA) is 46.6 Å². The summed E-state index contributed by atoms with van der Waals surface area (Å²) in [6.45, 7) is 1.54. The maximum atomic E-state index is 11.6. The van der Waals surface area contributed by atoms with E-state index in [4.69, 9.17) is 0 Å². The zero-order valence-electron chi connectivity index (χ0n) is 11.8.